The molecule has 2 fully saturated rings. The zero-order valence-corrected chi connectivity index (χ0v) is 22.5. The van der Waals surface area contributed by atoms with E-state index in [0.29, 0.717) is 35.7 Å². The summed E-state index contributed by atoms with van der Waals surface area (Å²) in [7, 11) is 0. The van der Waals surface area contributed by atoms with E-state index < -0.39 is 34.6 Å². The summed E-state index contributed by atoms with van der Waals surface area (Å²) in [6, 6.07) is 5.33. The number of piperidine rings is 1. The first kappa shape index (κ1) is 27.6. The van der Waals surface area contributed by atoms with Gasteiger partial charge < -0.3 is 10.1 Å². The molecule has 0 bridgehead atoms. The standard InChI is InChI=1S/C26H27ClF3N5O3S/c27-18-12-16(23-26(34-39-33-23)37-11-10-35-8-2-1-3-9-35)6-7-20(18)31-24-17(13-19(28)21(29)22(24)30)25(36)32-38-14-15-4-5-15/h6-7,12-13,15,31H,1-5,8-11,14H2,(H,32,36). The Balaban J connectivity index is 1.30. The average Bonchev–Trinajstić information content (AvgIpc) is 3.65. The maximum absolute atomic E-state index is 14.8. The lowest BCUT2D eigenvalue weighted by Gasteiger charge is -2.25. The number of carbonyl (C=O) groups is 1. The average molecular weight is 582 g/mol. The van der Waals surface area contributed by atoms with Gasteiger partial charge in [0.2, 0.25) is 0 Å². The molecule has 1 amide bonds. The van der Waals surface area contributed by atoms with Crippen LogP contribution in [0.2, 0.25) is 5.02 Å². The van der Waals surface area contributed by atoms with Gasteiger partial charge in [-0.15, -0.1) is 4.37 Å². The monoisotopic (exact) mass is 581 g/mol. The second-order valence-electron chi connectivity index (χ2n) is 9.58. The summed E-state index contributed by atoms with van der Waals surface area (Å²) in [5.74, 6) is -4.99. The molecule has 2 aliphatic rings. The largest absolute Gasteiger partial charge is 0.474 e. The Hall–Kier alpha value is -2.93. The maximum Gasteiger partial charge on any atom is 0.277 e. The predicted octanol–water partition coefficient (Wildman–Crippen LogP) is 5.96. The quantitative estimate of drug-likeness (QED) is 0.213. The number of hydrogen-bond acceptors (Lipinski definition) is 8. The van der Waals surface area contributed by atoms with Crippen molar-refractivity contribution in [2.24, 2.45) is 5.92 Å². The Morgan fingerprint density at radius 2 is 1.90 bits per heavy atom. The molecule has 3 aromatic rings. The summed E-state index contributed by atoms with van der Waals surface area (Å²) < 4.78 is 57.3. The van der Waals surface area contributed by atoms with E-state index in [-0.39, 0.29) is 17.3 Å². The van der Waals surface area contributed by atoms with Crippen molar-refractivity contribution in [3.8, 4) is 17.1 Å². The lowest BCUT2D eigenvalue weighted by molar-refractivity contribution is 0.0270. The molecular formula is C26H27ClF3N5O3S. The van der Waals surface area contributed by atoms with Crippen molar-refractivity contribution in [2.75, 3.05) is 38.2 Å². The molecule has 8 nitrogen and oxygen atoms in total. The van der Waals surface area contributed by atoms with Gasteiger partial charge in [0.1, 0.15) is 12.3 Å². The van der Waals surface area contributed by atoms with Crippen molar-refractivity contribution < 1.29 is 27.5 Å². The molecule has 5 rings (SSSR count). The Labute approximate surface area is 232 Å². The molecule has 1 saturated carbocycles. The number of rotatable bonds is 11. The van der Waals surface area contributed by atoms with Crippen LogP contribution in [0.25, 0.3) is 11.3 Å². The highest BCUT2D eigenvalue weighted by Gasteiger charge is 2.26. The minimum atomic E-state index is -1.72. The van der Waals surface area contributed by atoms with Gasteiger partial charge in [-0.05, 0) is 62.9 Å². The van der Waals surface area contributed by atoms with E-state index in [0.717, 1.165) is 44.2 Å². The minimum Gasteiger partial charge on any atom is -0.474 e. The molecule has 2 aromatic carbocycles. The second kappa shape index (κ2) is 12.5. The predicted molar refractivity (Wildman–Crippen MR) is 142 cm³/mol. The molecule has 1 aliphatic heterocycles. The van der Waals surface area contributed by atoms with E-state index in [2.05, 4.69) is 24.4 Å². The van der Waals surface area contributed by atoms with E-state index in [1.165, 1.54) is 25.3 Å². The molecule has 0 unspecified atom stereocenters. The summed E-state index contributed by atoms with van der Waals surface area (Å²) in [5.41, 5.74) is 2.37. The van der Waals surface area contributed by atoms with Crippen LogP contribution < -0.4 is 15.5 Å². The van der Waals surface area contributed by atoms with Crippen LogP contribution in [0.4, 0.5) is 24.5 Å². The molecule has 13 heteroatoms. The molecule has 0 atom stereocenters. The summed E-state index contributed by atoms with van der Waals surface area (Å²) in [6.45, 7) is 3.66. The number of halogens is 4. The van der Waals surface area contributed by atoms with Gasteiger partial charge in [0.25, 0.3) is 11.8 Å². The van der Waals surface area contributed by atoms with Crippen LogP contribution in [0, 0.1) is 23.4 Å². The van der Waals surface area contributed by atoms with E-state index in [1.54, 1.807) is 12.1 Å². The first-order chi connectivity index (χ1) is 18.9. The van der Waals surface area contributed by atoms with Crippen molar-refractivity contribution in [1.82, 2.24) is 19.1 Å². The normalized spacial score (nSPS) is 15.8. The van der Waals surface area contributed by atoms with Gasteiger partial charge in [-0.2, -0.15) is 4.37 Å². The first-order valence-electron chi connectivity index (χ1n) is 12.7. The number of hydrogen-bond donors (Lipinski definition) is 2. The number of aromatic nitrogens is 2. The molecule has 0 radical (unpaired) electrons. The number of benzene rings is 2. The Morgan fingerprint density at radius 1 is 1.10 bits per heavy atom. The van der Waals surface area contributed by atoms with Gasteiger partial charge in [-0.25, -0.2) is 18.7 Å². The van der Waals surface area contributed by atoms with Crippen molar-refractivity contribution in [2.45, 2.75) is 32.1 Å². The minimum absolute atomic E-state index is 0.125. The third-order valence-corrected chi connectivity index (χ3v) is 7.47. The number of ether oxygens (including phenoxy) is 1. The van der Waals surface area contributed by atoms with Crippen molar-refractivity contribution in [3.63, 3.8) is 0 Å². The number of likely N-dealkylation sites (tertiary alicyclic amines) is 1. The Morgan fingerprint density at radius 3 is 2.64 bits per heavy atom. The Kier molecular flexibility index (Phi) is 8.85. The zero-order chi connectivity index (χ0) is 27.4. The van der Waals surface area contributed by atoms with Crippen LogP contribution in [-0.2, 0) is 4.84 Å². The van der Waals surface area contributed by atoms with Crippen molar-refractivity contribution in [3.05, 3.63) is 52.3 Å². The highest BCUT2D eigenvalue weighted by molar-refractivity contribution is 6.99. The fourth-order valence-electron chi connectivity index (χ4n) is 4.27. The van der Waals surface area contributed by atoms with Gasteiger partial charge in [-0.1, -0.05) is 24.1 Å². The van der Waals surface area contributed by atoms with Crippen molar-refractivity contribution >= 4 is 40.6 Å². The van der Waals surface area contributed by atoms with E-state index >= 15 is 0 Å². The topological polar surface area (TPSA) is 88.6 Å². The molecule has 1 aromatic heterocycles. The highest BCUT2D eigenvalue weighted by atomic mass is 35.5. The zero-order valence-electron chi connectivity index (χ0n) is 20.9. The highest BCUT2D eigenvalue weighted by Crippen LogP contribution is 2.36. The summed E-state index contributed by atoms with van der Waals surface area (Å²) in [5, 5.41) is 2.75. The van der Waals surface area contributed by atoms with Crippen LogP contribution in [0.15, 0.2) is 24.3 Å². The van der Waals surface area contributed by atoms with Crippen LogP contribution in [-0.4, -0.2) is 52.4 Å². The van der Waals surface area contributed by atoms with Crippen LogP contribution in [0.1, 0.15) is 42.5 Å². The van der Waals surface area contributed by atoms with E-state index in [1.807, 2.05) is 0 Å². The molecule has 0 spiro atoms. The fraction of sp³-hybridized carbons (Fsp3) is 0.423. The number of nitrogens with one attached hydrogen (secondary N) is 2. The lowest BCUT2D eigenvalue weighted by atomic mass is 10.1. The van der Waals surface area contributed by atoms with Gasteiger partial charge in [0.05, 0.1) is 40.3 Å². The number of hydroxylamine groups is 1. The van der Waals surface area contributed by atoms with Gasteiger partial charge >= 0.3 is 0 Å². The maximum atomic E-state index is 14.8. The van der Waals surface area contributed by atoms with Crippen LogP contribution >= 0.6 is 23.3 Å². The lowest BCUT2D eigenvalue weighted by Crippen LogP contribution is -2.33. The second-order valence-corrected chi connectivity index (χ2v) is 10.5. The molecule has 39 heavy (non-hydrogen) atoms. The number of carbonyl (C=O) groups excluding carboxylic acids is 1. The summed E-state index contributed by atoms with van der Waals surface area (Å²) in [6.07, 6.45) is 5.62. The molecular weight excluding hydrogens is 555 g/mol. The first-order valence-corrected chi connectivity index (χ1v) is 13.9. The van der Waals surface area contributed by atoms with Gasteiger partial charge in [0, 0.05) is 12.1 Å². The molecule has 2 N–H and O–H groups in total. The number of nitrogens with zero attached hydrogens (tertiary/aromatic N) is 3. The van der Waals surface area contributed by atoms with Crippen LogP contribution in [0.3, 0.4) is 0 Å². The van der Waals surface area contributed by atoms with Crippen LogP contribution in [0.5, 0.6) is 5.88 Å². The third-order valence-electron chi connectivity index (χ3n) is 6.64. The number of anilines is 2. The molecule has 2 heterocycles. The smallest absolute Gasteiger partial charge is 0.277 e. The van der Waals surface area contributed by atoms with Gasteiger partial charge in [0.15, 0.2) is 17.5 Å². The molecule has 208 valence electrons. The van der Waals surface area contributed by atoms with E-state index in [9.17, 15) is 18.0 Å². The molecule has 1 saturated heterocycles. The third kappa shape index (κ3) is 6.81. The molecule has 1 aliphatic carbocycles. The summed E-state index contributed by atoms with van der Waals surface area (Å²) in [4.78, 5) is 20.1. The van der Waals surface area contributed by atoms with Gasteiger partial charge in [-0.3, -0.25) is 14.5 Å². The summed E-state index contributed by atoms with van der Waals surface area (Å²) >= 11 is 7.47. The Bertz CT molecular complexity index is 1330. The van der Waals surface area contributed by atoms with Crippen molar-refractivity contribution in [1.29, 1.82) is 0 Å². The number of amides is 1. The fourth-order valence-corrected chi connectivity index (χ4v) is 5.01. The SMILES string of the molecule is O=C(NOCC1CC1)c1cc(F)c(F)c(F)c1Nc1ccc(-c2nsnc2OCCN2CCCCC2)cc1Cl. The van der Waals surface area contributed by atoms with E-state index in [4.69, 9.17) is 21.2 Å².